The van der Waals surface area contributed by atoms with Crippen LogP contribution in [0, 0.1) is 5.92 Å². The summed E-state index contributed by atoms with van der Waals surface area (Å²) in [6.45, 7) is 4.80. The van der Waals surface area contributed by atoms with E-state index in [0.29, 0.717) is 0 Å². The van der Waals surface area contributed by atoms with Gasteiger partial charge in [-0.1, -0.05) is 32.6 Å². The van der Waals surface area contributed by atoms with E-state index in [4.69, 9.17) is 0 Å². The van der Waals surface area contributed by atoms with Crippen LogP contribution in [0.3, 0.4) is 0 Å². The van der Waals surface area contributed by atoms with E-state index < -0.39 is 0 Å². The smallest absolute Gasteiger partial charge is 0.0218 e. The van der Waals surface area contributed by atoms with Crippen LogP contribution in [0.2, 0.25) is 0 Å². The van der Waals surface area contributed by atoms with Gasteiger partial charge in [-0.25, -0.2) is 0 Å². The molecule has 0 amide bonds. The van der Waals surface area contributed by atoms with Gasteiger partial charge in [0.25, 0.3) is 0 Å². The van der Waals surface area contributed by atoms with Crippen molar-refractivity contribution in [2.45, 2.75) is 70.4 Å². The van der Waals surface area contributed by atoms with Gasteiger partial charge < -0.3 is 10.6 Å². The Bertz CT molecular complexity index is 185. The van der Waals surface area contributed by atoms with Gasteiger partial charge in [-0.15, -0.1) is 0 Å². The second-order valence-electron chi connectivity index (χ2n) is 5.78. The zero-order valence-corrected chi connectivity index (χ0v) is 10.8. The van der Waals surface area contributed by atoms with Gasteiger partial charge in [0.1, 0.15) is 0 Å². The maximum absolute atomic E-state index is 3.80. The highest BCUT2D eigenvalue weighted by atomic mass is 15.0. The van der Waals surface area contributed by atoms with Crippen molar-refractivity contribution in [3.05, 3.63) is 0 Å². The maximum Gasteiger partial charge on any atom is 0.0218 e. The molecule has 2 fully saturated rings. The van der Waals surface area contributed by atoms with Gasteiger partial charge in [0, 0.05) is 18.6 Å². The summed E-state index contributed by atoms with van der Waals surface area (Å²) >= 11 is 0. The number of rotatable bonds is 3. The molecule has 1 aliphatic heterocycles. The molecule has 94 valence electrons. The lowest BCUT2D eigenvalue weighted by Crippen LogP contribution is -2.48. The first-order chi connectivity index (χ1) is 7.86. The molecule has 0 aromatic rings. The van der Waals surface area contributed by atoms with Crippen LogP contribution in [0.5, 0.6) is 0 Å². The van der Waals surface area contributed by atoms with E-state index in [1.807, 2.05) is 0 Å². The molecule has 0 bridgehead atoms. The first kappa shape index (κ1) is 12.4. The van der Waals surface area contributed by atoms with E-state index in [2.05, 4.69) is 17.6 Å². The van der Waals surface area contributed by atoms with Crippen LogP contribution in [-0.4, -0.2) is 25.2 Å². The Morgan fingerprint density at radius 2 is 1.75 bits per heavy atom. The lowest BCUT2D eigenvalue weighted by atomic mass is 9.92. The number of nitrogens with one attached hydrogen (secondary N) is 2. The zero-order chi connectivity index (χ0) is 11.2. The minimum absolute atomic E-state index is 0.719. The summed E-state index contributed by atoms with van der Waals surface area (Å²) in [7, 11) is 0. The van der Waals surface area contributed by atoms with Crippen molar-refractivity contribution in [3.63, 3.8) is 0 Å². The third-order valence-electron chi connectivity index (χ3n) is 4.41. The second-order valence-corrected chi connectivity index (χ2v) is 5.78. The molecule has 2 atom stereocenters. The van der Waals surface area contributed by atoms with E-state index in [1.165, 1.54) is 64.5 Å². The van der Waals surface area contributed by atoms with Crippen molar-refractivity contribution in [1.82, 2.24) is 10.6 Å². The van der Waals surface area contributed by atoms with E-state index in [-0.39, 0.29) is 0 Å². The number of hydrogen-bond donors (Lipinski definition) is 2. The molecule has 0 aromatic heterocycles. The molecule has 1 saturated carbocycles. The molecule has 1 aliphatic carbocycles. The Morgan fingerprint density at radius 3 is 2.44 bits per heavy atom. The van der Waals surface area contributed by atoms with Crippen LogP contribution < -0.4 is 10.6 Å². The topological polar surface area (TPSA) is 24.1 Å². The molecule has 2 unspecified atom stereocenters. The van der Waals surface area contributed by atoms with E-state index >= 15 is 0 Å². The fraction of sp³-hybridized carbons (Fsp3) is 1.00. The predicted octanol–water partition coefficient (Wildman–Crippen LogP) is 2.69. The molecular weight excluding hydrogens is 196 g/mol. The van der Waals surface area contributed by atoms with E-state index in [1.54, 1.807) is 0 Å². The Kier molecular flexibility index (Phi) is 5.11. The van der Waals surface area contributed by atoms with Gasteiger partial charge in [0.05, 0.1) is 0 Å². The summed E-state index contributed by atoms with van der Waals surface area (Å²) in [6.07, 6.45) is 11.4. The van der Waals surface area contributed by atoms with Crippen molar-refractivity contribution in [3.8, 4) is 0 Å². The molecule has 2 nitrogen and oxygen atoms in total. The lowest BCUT2D eigenvalue weighted by molar-refractivity contribution is 0.278. The van der Waals surface area contributed by atoms with Gasteiger partial charge in [0.2, 0.25) is 0 Å². The van der Waals surface area contributed by atoms with Crippen molar-refractivity contribution in [2.24, 2.45) is 5.92 Å². The van der Waals surface area contributed by atoms with E-state index in [0.717, 1.165) is 18.0 Å². The number of hydrogen-bond acceptors (Lipinski definition) is 2. The Morgan fingerprint density at radius 1 is 1.00 bits per heavy atom. The van der Waals surface area contributed by atoms with Gasteiger partial charge >= 0.3 is 0 Å². The standard InChI is InChI=1S/C14H28N2/c1-12-7-6-10-15-14(12)11-16-13-8-4-2-3-5-9-13/h12-16H,2-11H2,1H3. The third-order valence-corrected chi connectivity index (χ3v) is 4.41. The summed E-state index contributed by atoms with van der Waals surface area (Å²) in [5, 5.41) is 7.46. The highest BCUT2D eigenvalue weighted by Gasteiger charge is 2.21. The fourth-order valence-electron chi connectivity index (χ4n) is 3.16. The average Bonchev–Trinajstić information content (AvgIpc) is 2.56. The SMILES string of the molecule is CC1CCCNC1CNC1CCCCCC1. The third kappa shape index (κ3) is 3.74. The van der Waals surface area contributed by atoms with Gasteiger partial charge in [0.15, 0.2) is 0 Å². The Balaban J connectivity index is 1.68. The van der Waals surface area contributed by atoms with Crippen LogP contribution in [0.4, 0.5) is 0 Å². The predicted molar refractivity (Wildman–Crippen MR) is 69.7 cm³/mol. The summed E-state index contributed by atoms with van der Waals surface area (Å²) in [5.41, 5.74) is 0. The average molecular weight is 224 g/mol. The van der Waals surface area contributed by atoms with Crippen LogP contribution in [0.1, 0.15) is 58.3 Å². The molecule has 0 spiro atoms. The zero-order valence-electron chi connectivity index (χ0n) is 10.8. The molecule has 16 heavy (non-hydrogen) atoms. The minimum atomic E-state index is 0.719. The van der Waals surface area contributed by atoms with Gasteiger partial charge in [-0.3, -0.25) is 0 Å². The molecule has 0 radical (unpaired) electrons. The first-order valence-corrected chi connectivity index (χ1v) is 7.33. The molecular formula is C14H28N2. The quantitative estimate of drug-likeness (QED) is 0.720. The van der Waals surface area contributed by atoms with E-state index in [9.17, 15) is 0 Å². The first-order valence-electron chi connectivity index (χ1n) is 7.33. The molecule has 0 aromatic carbocycles. The minimum Gasteiger partial charge on any atom is -0.312 e. The highest BCUT2D eigenvalue weighted by Crippen LogP contribution is 2.19. The largest absolute Gasteiger partial charge is 0.312 e. The summed E-state index contributed by atoms with van der Waals surface area (Å²) < 4.78 is 0. The van der Waals surface area contributed by atoms with Crippen molar-refractivity contribution >= 4 is 0 Å². The molecule has 2 heteroatoms. The second kappa shape index (κ2) is 6.61. The van der Waals surface area contributed by atoms with Crippen molar-refractivity contribution in [1.29, 1.82) is 0 Å². The monoisotopic (exact) mass is 224 g/mol. The van der Waals surface area contributed by atoms with Crippen molar-refractivity contribution in [2.75, 3.05) is 13.1 Å². The van der Waals surface area contributed by atoms with Crippen LogP contribution >= 0.6 is 0 Å². The number of piperidine rings is 1. The van der Waals surface area contributed by atoms with Crippen LogP contribution in [-0.2, 0) is 0 Å². The highest BCUT2D eigenvalue weighted by molar-refractivity contribution is 4.82. The van der Waals surface area contributed by atoms with Crippen molar-refractivity contribution < 1.29 is 0 Å². The fourth-order valence-corrected chi connectivity index (χ4v) is 3.16. The molecule has 1 saturated heterocycles. The molecule has 2 rings (SSSR count). The Hall–Kier alpha value is -0.0800. The normalized spacial score (nSPS) is 33.6. The summed E-state index contributed by atoms with van der Waals surface area (Å²) in [5.74, 6) is 0.854. The van der Waals surface area contributed by atoms with Crippen LogP contribution in [0.15, 0.2) is 0 Å². The molecule has 2 aliphatic rings. The van der Waals surface area contributed by atoms with Gasteiger partial charge in [-0.2, -0.15) is 0 Å². The van der Waals surface area contributed by atoms with Crippen LogP contribution in [0.25, 0.3) is 0 Å². The molecule has 2 N–H and O–H groups in total. The summed E-state index contributed by atoms with van der Waals surface area (Å²) in [4.78, 5) is 0. The lowest BCUT2D eigenvalue weighted by Gasteiger charge is -2.31. The molecule has 1 heterocycles. The Labute approximate surface area is 101 Å². The van der Waals surface area contributed by atoms with Gasteiger partial charge in [-0.05, 0) is 38.1 Å². The maximum atomic E-state index is 3.80. The summed E-state index contributed by atoms with van der Waals surface area (Å²) in [6, 6.07) is 1.52.